The molecule has 8 heteroatoms. The molecule has 2 N–H and O–H groups in total. The van der Waals surface area contributed by atoms with Gasteiger partial charge in [-0.15, -0.1) is 10.2 Å². The van der Waals surface area contributed by atoms with E-state index in [1.807, 2.05) is 38.1 Å². The van der Waals surface area contributed by atoms with Crippen molar-refractivity contribution in [3.63, 3.8) is 0 Å². The molecule has 35 heavy (non-hydrogen) atoms. The first-order chi connectivity index (χ1) is 17.0. The normalized spacial score (nSPS) is 18.2. The Labute approximate surface area is 208 Å². The van der Waals surface area contributed by atoms with Gasteiger partial charge in [-0.1, -0.05) is 23.5 Å². The Bertz CT molecular complexity index is 1420. The zero-order chi connectivity index (χ0) is 24.0. The highest BCUT2D eigenvalue weighted by Crippen LogP contribution is 2.49. The van der Waals surface area contributed by atoms with Crippen molar-refractivity contribution in [2.75, 3.05) is 13.2 Å². The summed E-state index contributed by atoms with van der Waals surface area (Å²) in [5, 5.41) is 18.1. The molecule has 1 saturated carbocycles. The van der Waals surface area contributed by atoms with E-state index in [9.17, 15) is 4.79 Å². The topological polar surface area (TPSA) is 89.0 Å². The number of carbonyl (C=O) groups excluding carboxylic acids is 1. The number of aryl methyl sites for hydroxylation is 2. The molecular formula is C27H27N5O2S. The monoisotopic (exact) mass is 485 g/mol. The second kappa shape index (κ2) is 8.70. The predicted octanol–water partition coefficient (Wildman–Crippen LogP) is 4.53. The average molecular weight is 486 g/mol. The van der Waals surface area contributed by atoms with Crippen LogP contribution in [0.15, 0.2) is 48.7 Å². The number of carbonyl (C=O) groups is 1. The van der Waals surface area contributed by atoms with Gasteiger partial charge in [0.1, 0.15) is 22.4 Å². The minimum atomic E-state index is -0.423. The molecule has 0 radical (unpaired) electrons. The van der Waals surface area contributed by atoms with Crippen LogP contribution in [0, 0.1) is 13.8 Å². The number of benzene rings is 2. The lowest BCUT2D eigenvalue weighted by Gasteiger charge is -2.27. The van der Waals surface area contributed by atoms with E-state index in [2.05, 4.69) is 44.0 Å². The smallest absolute Gasteiger partial charge is 0.252 e. The second-order valence-corrected chi connectivity index (χ2v) is 10.7. The third-order valence-electron chi connectivity index (χ3n) is 6.94. The maximum Gasteiger partial charge on any atom is 0.252 e. The van der Waals surface area contributed by atoms with Crippen molar-refractivity contribution in [3.05, 3.63) is 70.4 Å². The lowest BCUT2D eigenvalue weighted by atomic mass is 9.96. The van der Waals surface area contributed by atoms with Crippen molar-refractivity contribution >= 4 is 28.1 Å². The van der Waals surface area contributed by atoms with Gasteiger partial charge >= 0.3 is 0 Å². The first-order valence-electron chi connectivity index (χ1n) is 12.0. The van der Waals surface area contributed by atoms with E-state index >= 15 is 0 Å². The van der Waals surface area contributed by atoms with Crippen LogP contribution in [0.5, 0.6) is 5.75 Å². The third-order valence-corrected chi connectivity index (χ3v) is 7.83. The Morgan fingerprint density at radius 1 is 1.20 bits per heavy atom. The number of pyridine rings is 1. The summed E-state index contributed by atoms with van der Waals surface area (Å²) >= 11 is 1.56. The number of ether oxygens (including phenoxy) is 1. The Balaban J connectivity index is 1.31. The standard InChI is InChI=1S/C27H27N5O2S/c1-16-5-6-20(34-15-19-7-11-28-19)14-22(16)25(33)30-27(8-9-27)23-12-18(26-32-31-17(2)35-26)13-24-21(23)4-3-10-29-24/h3-6,10,12-14,19,28H,7-9,11,15H2,1-2H3,(H,30,33)/t19-/m0/s1. The number of amides is 1. The van der Waals surface area contributed by atoms with Crippen LogP contribution in [0.25, 0.3) is 21.5 Å². The van der Waals surface area contributed by atoms with Crippen LogP contribution in [0.3, 0.4) is 0 Å². The highest BCUT2D eigenvalue weighted by Gasteiger charge is 2.47. The summed E-state index contributed by atoms with van der Waals surface area (Å²) in [5.41, 5.74) is 4.11. The molecule has 6 rings (SSSR count). The fourth-order valence-electron chi connectivity index (χ4n) is 4.61. The first-order valence-corrected chi connectivity index (χ1v) is 12.8. The van der Waals surface area contributed by atoms with Gasteiger partial charge in [0.25, 0.3) is 5.91 Å². The fraction of sp³-hybridized carbons (Fsp3) is 0.333. The largest absolute Gasteiger partial charge is 0.492 e. The molecule has 1 aliphatic heterocycles. The van der Waals surface area contributed by atoms with Crippen LogP contribution in [-0.2, 0) is 5.54 Å². The molecule has 1 saturated heterocycles. The number of hydrogen-bond donors (Lipinski definition) is 2. The molecular weight excluding hydrogens is 458 g/mol. The molecule has 4 aromatic rings. The average Bonchev–Trinajstić information content (AvgIpc) is 3.48. The summed E-state index contributed by atoms with van der Waals surface area (Å²) in [6.07, 6.45) is 4.68. The Morgan fingerprint density at radius 3 is 2.77 bits per heavy atom. The Kier molecular flexibility index (Phi) is 5.50. The number of rotatable bonds is 7. The van der Waals surface area contributed by atoms with Crippen LogP contribution >= 0.6 is 11.3 Å². The number of hydrogen-bond acceptors (Lipinski definition) is 7. The summed E-state index contributed by atoms with van der Waals surface area (Å²) in [7, 11) is 0. The van der Waals surface area contributed by atoms with Gasteiger partial charge in [-0.2, -0.15) is 0 Å². The highest BCUT2D eigenvalue weighted by atomic mass is 32.1. The lowest BCUT2D eigenvalue weighted by Crippen LogP contribution is -2.46. The lowest BCUT2D eigenvalue weighted by molar-refractivity contribution is 0.0930. The van der Waals surface area contributed by atoms with Crippen molar-refractivity contribution in [2.45, 2.75) is 44.7 Å². The number of nitrogens with zero attached hydrogens (tertiary/aromatic N) is 3. The van der Waals surface area contributed by atoms with E-state index < -0.39 is 5.54 Å². The Hall–Kier alpha value is -3.36. The molecule has 2 fully saturated rings. The quantitative estimate of drug-likeness (QED) is 0.400. The van der Waals surface area contributed by atoms with Crippen LogP contribution in [0.1, 0.15) is 45.8 Å². The van der Waals surface area contributed by atoms with Gasteiger partial charge in [-0.25, -0.2) is 0 Å². The van der Waals surface area contributed by atoms with Gasteiger partial charge in [0.05, 0.1) is 11.1 Å². The van der Waals surface area contributed by atoms with Gasteiger partial charge in [0.2, 0.25) is 0 Å². The van der Waals surface area contributed by atoms with Crippen LogP contribution < -0.4 is 15.4 Å². The maximum atomic E-state index is 13.5. The molecule has 1 atom stereocenters. The fourth-order valence-corrected chi connectivity index (χ4v) is 5.29. The van der Waals surface area contributed by atoms with Crippen LogP contribution in [0.4, 0.5) is 0 Å². The van der Waals surface area contributed by atoms with Crippen molar-refractivity contribution in [1.82, 2.24) is 25.8 Å². The van der Waals surface area contributed by atoms with E-state index in [4.69, 9.17) is 4.74 Å². The second-order valence-electron chi connectivity index (χ2n) is 9.48. The van der Waals surface area contributed by atoms with E-state index in [1.54, 1.807) is 17.5 Å². The van der Waals surface area contributed by atoms with Crippen molar-refractivity contribution in [1.29, 1.82) is 0 Å². The minimum absolute atomic E-state index is 0.0820. The van der Waals surface area contributed by atoms with Gasteiger partial charge in [-0.05, 0) is 81.1 Å². The highest BCUT2D eigenvalue weighted by molar-refractivity contribution is 7.14. The molecule has 2 aliphatic rings. The van der Waals surface area contributed by atoms with Gasteiger partial charge in [0, 0.05) is 28.8 Å². The number of fused-ring (bicyclic) bond motifs is 1. The molecule has 2 aromatic carbocycles. The molecule has 3 heterocycles. The summed E-state index contributed by atoms with van der Waals surface area (Å²) in [4.78, 5) is 18.1. The minimum Gasteiger partial charge on any atom is -0.492 e. The maximum absolute atomic E-state index is 13.5. The molecule has 1 aliphatic carbocycles. The van der Waals surface area contributed by atoms with Crippen molar-refractivity contribution < 1.29 is 9.53 Å². The van der Waals surface area contributed by atoms with Crippen LogP contribution in [-0.4, -0.2) is 40.3 Å². The van der Waals surface area contributed by atoms with E-state index in [-0.39, 0.29) is 5.91 Å². The molecule has 0 spiro atoms. The first kappa shape index (κ1) is 22.1. The SMILES string of the molecule is Cc1nnc(-c2cc(C3(NC(=O)c4cc(OC[C@@H]5CCN5)ccc4C)CC3)c3cccnc3c2)s1. The third kappa shape index (κ3) is 4.28. The Morgan fingerprint density at radius 2 is 2.06 bits per heavy atom. The van der Waals surface area contributed by atoms with Gasteiger partial charge < -0.3 is 15.4 Å². The summed E-state index contributed by atoms with van der Waals surface area (Å²) < 4.78 is 5.95. The molecule has 0 unspecified atom stereocenters. The summed E-state index contributed by atoms with van der Waals surface area (Å²) in [6.45, 7) is 5.57. The van der Waals surface area contributed by atoms with Gasteiger partial charge in [0.15, 0.2) is 0 Å². The molecule has 7 nitrogen and oxygen atoms in total. The molecule has 1 amide bonds. The van der Waals surface area contributed by atoms with E-state index in [0.29, 0.717) is 18.2 Å². The molecule has 2 aromatic heterocycles. The van der Waals surface area contributed by atoms with Crippen molar-refractivity contribution in [2.24, 2.45) is 0 Å². The molecule has 0 bridgehead atoms. The summed E-state index contributed by atoms with van der Waals surface area (Å²) in [5.74, 6) is 0.643. The zero-order valence-electron chi connectivity index (χ0n) is 19.8. The number of aromatic nitrogens is 3. The van der Waals surface area contributed by atoms with Gasteiger partial charge in [-0.3, -0.25) is 9.78 Å². The zero-order valence-corrected chi connectivity index (χ0v) is 20.6. The van der Waals surface area contributed by atoms with E-state index in [1.165, 1.54) is 0 Å². The van der Waals surface area contributed by atoms with Crippen LogP contribution in [0.2, 0.25) is 0 Å². The van der Waals surface area contributed by atoms with Crippen molar-refractivity contribution in [3.8, 4) is 16.3 Å². The number of nitrogens with one attached hydrogen (secondary N) is 2. The van der Waals surface area contributed by atoms with E-state index in [0.717, 1.165) is 69.2 Å². The molecule has 178 valence electrons. The summed E-state index contributed by atoms with van der Waals surface area (Å²) in [6, 6.07) is 14.4. The predicted molar refractivity (Wildman–Crippen MR) is 137 cm³/mol.